The highest BCUT2D eigenvalue weighted by Gasteiger charge is 2.41. The number of carbonyl (C=O) groups is 1. The molecule has 0 aromatic heterocycles. The van der Waals surface area contributed by atoms with Crippen LogP contribution < -0.4 is 10.6 Å². The number of rotatable bonds is 6. The van der Waals surface area contributed by atoms with E-state index in [-0.39, 0.29) is 12.3 Å². The fourth-order valence-electron chi connectivity index (χ4n) is 4.16. The third-order valence-electron chi connectivity index (χ3n) is 5.94. The molecule has 7 heteroatoms. The van der Waals surface area contributed by atoms with Gasteiger partial charge in [-0.15, -0.1) is 0 Å². The SMILES string of the molecule is CC1C=NC(C(Cc2ccccc2)(NC(=O)Nc2ccccc2)c2cccc(C(F)(F)F)c2)=CC1. The van der Waals surface area contributed by atoms with Crippen LogP contribution in [0.1, 0.15) is 30.0 Å². The van der Waals surface area contributed by atoms with Gasteiger partial charge in [0.2, 0.25) is 0 Å². The van der Waals surface area contributed by atoms with E-state index in [1.54, 1.807) is 36.5 Å². The largest absolute Gasteiger partial charge is 0.416 e. The number of hydrogen-bond acceptors (Lipinski definition) is 2. The summed E-state index contributed by atoms with van der Waals surface area (Å²) in [6, 6.07) is 22.8. The molecule has 0 radical (unpaired) electrons. The van der Waals surface area contributed by atoms with Crippen molar-refractivity contribution < 1.29 is 18.0 Å². The summed E-state index contributed by atoms with van der Waals surface area (Å²) in [7, 11) is 0. The van der Waals surface area contributed by atoms with Crippen molar-refractivity contribution in [1.82, 2.24) is 5.32 Å². The topological polar surface area (TPSA) is 53.5 Å². The summed E-state index contributed by atoms with van der Waals surface area (Å²) in [5.74, 6) is 0.188. The zero-order valence-electron chi connectivity index (χ0n) is 19.2. The minimum absolute atomic E-state index is 0.188. The van der Waals surface area contributed by atoms with E-state index in [4.69, 9.17) is 0 Å². The lowest BCUT2D eigenvalue weighted by Crippen LogP contribution is -2.50. The highest BCUT2D eigenvalue weighted by atomic mass is 19.4. The van der Waals surface area contributed by atoms with Crippen molar-refractivity contribution in [1.29, 1.82) is 0 Å². The Morgan fingerprint density at radius 2 is 1.60 bits per heavy atom. The maximum atomic E-state index is 13.7. The molecular weight excluding hydrogens is 451 g/mol. The molecule has 3 aromatic carbocycles. The first kappa shape index (κ1) is 24.3. The summed E-state index contributed by atoms with van der Waals surface area (Å²) in [5.41, 5.74) is 0.0980. The van der Waals surface area contributed by atoms with Crippen LogP contribution in [0.2, 0.25) is 0 Å². The minimum Gasteiger partial charge on any atom is -0.322 e. The molecule has 1 aliphatic rings. The quantitative estimate of drug-likeness (QED) is 0.396. The normalized spacial score (nSPS) is 17.3. The Balaban J connectivity index is 1.85. The molecule has 1 aliphatic heterocycles. The van der Waals surface area contributed by atoms with E-state index in [1.807, 2.05) is 49.4 Å². The van der Waals surface area contributed by atoms with Crippen LogP contribution in [0.3, 0.4) is 0 Å². The van der Waals surface area contributed by atoms with Crippen LogP contribution in [0.5, 0.6) is 0 Å². The first-order valence-electron chi connectivity index (χ1n) is 11.4. The van der Waals surface area contributed by atoms with E-state index < -0.39 is 23.3 Å². The molecule has 0 spiro atoms. The van der Waals surface area contributed by atoms with Gasteiger partial charge in [-0.2, -0.15) is 13.2 Å². The van der Waals surface area contributed by atoms with Gasteiger partial charge in [-0.3, -0.25) is 4.99 Å². The standard InChI is InChI=1S/C28H26F3N3O/c1-20-15-16-25(32-19-20)27(18-21-9-4-2-5-10-21,22-11-8-12-23(17-22)28(29,30)31)34-26(35)33-24-13-6-3-7-14-24/h2-14,16-17,19-20H,15,18H2,1H3,(H2,33,34,35). The van der Waals surface area contributed by atoms with E-state index in [9.17, 15) is 18.0 Å². The van der Waals surface area contributed by atoms with Crippen molar-refractivity contribution in [2.24, 2.45) is 10.9 Å². The lowest BCUT2D eigenvalue weighted by molar-refractivity contribution is -0.137. The van der Waals surface area contributed by atoms with E-state index in [0.29, 0.717) is 23.4 Å². The lowest BCUT2D eigenvalue weighted by atomic mass is 9.79. The number of urea groups is 1. The highest BCUT2D eigenvalue weighted by molar-refractivity contribution is 5.90. The maximum absolute atomic E-state index is 13.7. The average Bonchev–Trinajstić information content (AvgIpc) is 2.85. The van der Waals surface area contributed by atoms with Gasteiger partial charge >= 0.3 is 12.2 Å². The van der Waals surface area contributed by atoms with E-state index >= 15 is 0 Å². The number of amides is 2. The second-order valence-corrected chi connectivity index (χ2v) is 8.67. The molecule has 3 aromatic rings. The summed E-state index contributed by atoms with van der Waals surface area (Å²) < 4.78 is 41.0. The Kier molecular flexibility index (Phi) is 7.05. The molecular formula is C28H26F3N3O. The summed E-state index contributed by atoms with van der Waals surface area (Å²) >= 11 is 0. The van der Waals surface area contributed by atoms with Gasteiger partial charge in [-0.25, -0.2) is 4.79 Å². The number of nitrogens with zero attached hydrogens (tertiary/aromatic N) is 1. The minimum atomic E-state index is -4.53. The first-order chi connectivity index (χ1) is 16.8. The third-order valence-corrected chi connectivity index (χ3v) is 5.94. The number of benzene rings is 3. The monoisotopic (exact) mass is 477 g/mol. The molecule has 0 aliphatic carbocycles. The third kappa shape index (κ3) is 5.80. The summed E-state index contributed by atoms with van der Waals surface area (Å²) in [6.45, 7) is 2.01. The molecule has 180 valence electrons. The number of nitrogens with one attached hydrogen (secondary N) is 2. The molecule has 2 amide bonds. The Morgan fingerprint density at radius 3 is 2.23 bits per heavy atom. The smallest absolute Gasteiger partial charge is 0.322 e. The van der Waals surface area contributed by atoms with Crippen molar-refractivity contribution in [2.75, 3.05) is 5.32 Å². The maximum Gasteiger partial charge on any atom is 0.416 e. The molecule has 4 nitrogen and oxygen atoms in total. The molecule has 1 heterocycles. The van der Waals surface area contributed by atoms with Crippen LogP contribution in [-0.2, 0) is 18.1 Å². The van der Waals surface area contributed by atoms with Crippen LogP contribution in [0.4, 0.5) is 23.7 Å². The van der Waals surface area contributed by atoms with Gasteiger partial charge in [0.25, 0.3) is 0 Å². The molecule has 2 N–H and O–H groups in total. The number of halogens is 3. The summed E-state index contributed by atoms with van der Waals surface area (Å²) in [6.07, 6.45) is 0.0287. The van der Waals surface area contributed by atoms with Crippen LogP contribution >= 0.6 is 0 Å². The van der Waals surface area contributed by atoms with Crippen LogP contribution in [0, 0.1) is 5.92 Å². The number of anilines is 1. The molecule has 2 unspecified atom stereocenters. The molecule has 0 saturated carbocycles. The zero-order chi connectivity index (χ0) is 24.9. The van der Waals surface area contributed by atoms with Gasteiger partial charge < -0.3 is 10.6 Å². The Hall–Kier alpha value is -3.87. The van der Waals surface area contributed by atoms with Crippen LogP contribution in [-0.4, -0.2) is 12.2 Å². The number of allylic oxidation sites excluding steroid dienone is 1. The second kappa shape index (κ2) is 10.2. The van der Waals surface area contributed by atoms with Crippen molar-refractivity contribution in [3.63, 3.8) is 0 Å². The molecule has 2 atom stereocenters. The number of aliphatic imine (C=N–C) groups is 1. The van der Waals surface area contributed by atoms with E-state index in [2.05, 4.69) is 15.6 Å². The average molecular weight is 478 g/mol. The number of carbonyl (C=O) groups excluding carboxylic acids is 1. The van der Waals surface area contributed by atoms with Crippen molar-refractivity contribution in [3.05, 3.63) is 113 Å². The fourth-order valence-corrected chi connectivity index (χ4v) is 4.16. The van der Waals surface area contributed by atoms with Crippen LogP contribution in [0.15, 0.2) is 102 Å². The first-order valence-corrected chi connectivity index (χ1v) is 11.4. The Morgan fingerprint density at radius 1 is 0.943 bits per heavy atom. The molecule has 0 bridgehead atoms. The Bertz CT molecular complexity index is 1220. The van der Waals surface area contributed by atoms with Crippen molar-refractivity contribution in [2.45, 2.75) is 31.5 Å². The van der Waals surface area contributed by atoms with Crippen LogP contribution in [0.25, 0.3) is 0 Å². The predicted octanol–water partition coefficient (Wildman–Crippen LogP) is 6.96. The van der Waals surface area contributed by atoms with E-state index in [1.165, 1.54) is 6.07 Å². The highest BCUT2D eigenvalue weighted by Crippen LogP contribution is 2.39. The molecule has 0 saturated heterocycles. The lowest BCUT2D eigenvalue weighted by Gasteiger charge is -2.37. The number of hydrogen-bond donors (Lipinski definition) is 2. The van der Waals surface area contributed by atoms with E-state index in [0.717, 1.165) is 17.7 Å². The summed E-state index contributed by atoms with van der Waals surface area (Å²) in [4.78, 5) is 17.9. The number of para-hydroxylation sites is 1. The van der Waals surface area contributed by atoms with Crippen molar-refractivity contribution in [3.8, 4) is 0 Å². The van der Waals surface area contributed by atoms with Gasteiger partial charge in [0.15, 0.2) is 0 Å². The van der Waals surface area contributed by atoms with Gasteiger partial charge in [0, 0.05) is 18.3 Å². The fraction of sp³-hybridized carbons (Fsp3) is 0.214. The van der Waals surface area contributed by atoms with Crippen molar-refractivity contribution >= 4 is 17.9 Å². The molecule has 4 rings (SSSR count). The molecule has 35 heavy (non-hydrogen) atoms. The molecule has 0 fully saturated rings. The van der Waals surface area contributed by atoms with Gasteiger partial charge in [0.1, 0.15) is 5.54 Å². The number of alkyl halides is 3. The summed E-state index contributed by atoms with van der Waals surface area (Å²) in [5, 5.41) is 5.80. The zero-order valence-corrected chi connectivity index (χ0v) is 19.2. The van der Waals surface area contributed by atoms with Gasteiger partial charge in [0.05, 0.1) is 11.3 Å². The van der Waals surface area contributed by atoms with Gasteiger partial charge in [-0.1, -0.05) is 73.7 Å². The predicted molar refractivity (Wildman–Crippen MR) is 132 cm³/mol. The second-order valence-electron chi connectivity index (χ2n) is 8.67. The van der Waals surface area contributed by atoms with Gasteiger partial charge in [-0.05, 0) is 47.7 Å². The Labute approximate surface area is 202 Å².